The maximum Gasteiger partial charge on any atom is 0.272 e. The van der Waals surface area contributed by atoms with Gasteiger partial charge in [-0.3, -0.25) is 4.79 Å². The standard InChI is InChI=1S/C16H17BrF2N2O2/c1-9(7-21(2)3)16(22)13-4-10-5-14(23-8-15(18)19)11(17)6-12(10)20-13/h4-7,15,20H,8H2,1-3H3/b9-7+. The Labute approximate surface area is 141 Å². The molecule has 0 fully saturated rings. The van der Waals surface area contributed by atoms with E-state index in [1.807, 2.05) is 14.1 Å². The highest BCUT2D eigenvalue weighted by atomic mass is 79.9. The Morgan fingerprint density at radius 1 is 1.39 bits per heavy atom. The smallest absolute Gasteiger partial charge is 0.272 e. The van der Waals surface area contributed by atoms with Crippen molar-refractivity contribution in [3.05, 3.63) is 40.1 Å². The van der Waals surface area contributed by atoms with Crippen LogP contribution in [0.3, 0.4) is 0 Å². The molecule has 23 heavy (non-hydrogen) atoms. The molecule has 0 aliphatic carbocycles. The monoisotopic (exact) mass is 386 g/mol. The molecule has 0 unspecified atom stereocenters. The average molecular weight is 387 g/mol. The number of hydrogen-bond acceptors (Lipinski definition) is 3. The molecule has 7 heteroatoms. The van der Waals surface area contributed by atoms with Crippen molar-refractivity contribution >= 4 is 32.6 Å². The van der Waals surface area contributed by atoms with Gasteiger partial charge in [-0.2, -0.15) is 0 Å². The SMILES string of the molecule is C/C(=C\N(C)C)C(=O)c1cc2cc(OCC(F)F)c(Br)cc2[nH]1. The number of carbonyl (C=O) groups is 1. The normalized spacial score (nSPS) is 12.0. The van der Waals surface area contributed by atoms with Crippen LogP contribution in [0.1, 0.15) is 17.4 Å². The van der Waals surface area contributed by atoms with E-state index in [-0.39, 0.29) is 5.78 Å². The molecule has 1 N–H and O–H groups in total. The minimum Gasteiger partial charge on any atom is -0.486 e. The quantitative estimate of drug-likeness (QED) is 0.596. The number of H-pyrrole nitrogens is 1. The number of aromatic amines is 1. The van der Waals surface area contributed by atoms with E-state index in [2.05, 4.69) is 20.9 Å². The van der Waals surface area contributed by atoms with Crippen LogP contribution in [-0.2, 0) is 0 Å². The van der Waals surface area contributed by atoms with Crippen LogP contribution in [0, 0.1) is 0 Å². The number of ketones is 1. The van der Waals surface area contributed by atoms with Gasteiger partial charge in [0, 0.05) is 36.8 Å². The lowest BCUT2D eigenvalue weighted by Crippen LogP contribution is -2.08. The zero-order valence-electron chi connectivity index (χ0n) is 13.0. The molecule has 0 bridgehead atoms. The fourth-order valence-corrected chi connectivity index (χ4v) is 2.64. The molecule has 0 saturated heterocycles. The number of nitrogens with one attached hydrogen (secondary N) is 1. The number of aromatic nitrogens is 1. The van der Waals surface area contributed by atoms with E-state index in [1.54, 1.807) is 36.2 Å². The second-order valence-corrected chi connectivity index (χ2v) is 6.21. The van der Waals surface area contributed by atoms with Crippen molar-refractivity contribution in [3.63, 3.8) is 0 Å². The Morgan fingerprint density at radius 3 is 2.70 bits per heavy atom. The highest BCUT2D eigenvalue weighted by Crippen LogP contribution is 2.31. The van der Waals surface area contributed by atoms with E-state index < -0.39 is 13.0 Å². The summed E-state index contributed by atoms with van der Waals surface area (Å²) in [5, 5.41) is 0.721. The molecule has 0 aliphatic heterocycles. The van der Waals surface area contributed by atoms with Crippen LogP contribution in [0.5, 0.6) is 5.75 Å². The number of halogens is 3. The summed E-state index contributed by atoms with van der Waals surface area (Å²) in [5.41, 5.74) is 1.76. The fourth-order valence-electron chi connectivity index (χ4n) is 2.18. The lowest BCUT2D eigenvalue weighted by Gasteiger charge is -2.07. The Kier molecular flexibility index (Phi) is 5.41. The van der Waals surface area contributed by atoms with Crippen molar-refractivity contribution in [3.8, 4) is 5.75 Å². The minimum absolute atomic E-state index is 0.124. The van der Waals surface area contributed by atoms with Gasteiger partial charge in [0.25, 0.3) is 6.43 Å². The number of fused-ring (bicyclic) bond motifs is 1. The van der Waals surface area contributed by atoms with Crippen molar-refractivity contribution in [2.75, 3.05) is 20.7 Å². The summed E-state index contributed by atoms with van der Waals surface area (Å²) in [5.74, 6) is 0.192. The van der Waals surface area contributed by atoms with Crippen LogP contribution in [-0.4, -0.2) is 42.8 Å². The van der Waals surface area contributed by atoms with E-state index in [9.17, 15) is 13.6 Å². The van der Waals surface area contributed by atoms with Gasteiger partial charge in [0.15, 0.2) is 0 Å². The van der Waals surface area contributed by atoms with Gasteiger partial charge >= 0.3 is 0 Å². The maximum atomic E-state index is 12.4. The molecular weight excluding hydrogens is 370 g/mol. The molecule has 1 aromatic carbocycles. The van der Waals surface area contributed by atoms with Gasteiger partial charge < -0.3 is 14.6 Å². The lowest BCUT2D eigenvalue weighted by molar-refractivity contribution is 0.0816. The van der Waals surface area contributed by atoms with Crippen LogP contribution in [0.2, 0.25) is 0 Å². The van der Waals surface area contributed by atoms with Crippen molar-refractivity contribution in [2.45, 2.75) is 13.3 Å². The molecule has 2 rings (SSSR count). The minimum atomic E-state index is -2.54. The summed E-state index contributed by atoms with van der Waals surface area (Å²) in [7, 11) is 3.68. The molecule has 1 aromatic heterocycles. The Bertz CT molecular complexity index is 754. The number of allylic oxidation sites excluding steroid dienone is 1. The van der Waals surface area contributed by atoms with E-state index in [4.69, 9.17) is 4.74 Å². The second kappa shape index (κ2) is 7.12. The summed E-state index contributed by atoms with van der Waals surface area (Å²) in [6.07, 6.45) is -0.805. The summed E-state index contributed by atoms with van der Waals surface area (Å²) in [4.78, 5) is 17.2. The van der Waals surface area contributed by atoms with E-state index in [0.29, 0.717) is 21.5 Å². The Morgan fingerprint density at radius 2 is 2.09 bits per heavy atom. The lowest BCUT2D eigenvalue weighted by atomic mass is 10.1. The van der Waals surface area contributed by atoms with Crippen molar-refractivity contribution < 1.29 is 18.3 Å². The van der Waals surface area contributed by atoms with Gasteiger partial charge in [-0.1, -0.05) is 0 Å². The number of carbonyl (C=O) groups excluding carboxylic acids is 1. The highest BCUT2D eigenvalue weighted by Gasteiger charge is 2.14. The molecule has 2 aromatic rings. The van der Waals surface area contributed by atoms with Crippen molar-refractivity contribution in [1.29, 1.82) is 0 Å². The average Bonchev–Trinajstić information content (AvgIpc) is 2.85. The van der Waals surface area contributed by atoms with Crippen LogP contribution in [0.4, 0.5) is 8.78 Å². The van der Waals surface area contributed by atoms with Gasteiger partial charge in [0.05, 0.1) is 10.2 Å². The third kappa shape index (κ3) is 4.31. The molecular formula is C16H17BrF2N2O2. The highest BCUT2D eigenvalue weighted by molar-refractivity contribution is 9.10. The number of benzene rings is 1. The first-order valence-electron chi connectivity index (χ1n) is 6.90. The third-order valence-corrected chi connectivity index (χ3v) is 3.71. The van der Waals surface area contributed by atoms with Gasteiger partial charge in [-0.15, -0.1) is 0 Å². The molecule has 0 atom stereocenters. The third-order valence-electron chi connectivity index (χ3n) is 3.09. The fraction of sp³-hybridized carbons (Fsp3) is 0.312. The maximum absolute atomic E-state index is 12.4. The van der Waals surface area contributed by atoms with Gasteiger partial charge in [-0.05, 0) is 41.1 Å². The van der Waals surface area contributed by atoms with Crippen LogP contribution in [0.15, 0.2) is 34.4 Å². The van der Waals surface area contributed by atoms with Crippen molar-refractivity contribution in [2.24, 2.45) is 0 Å². The molecule has 1 heterocycles. The summed E-state index contributed by atoms with van der Waals surface area (Å²) in [6.45, 7) is 1.06. The molecule has 0 radical (unpaired) electrons. The summed E-state index contributed by atoms with van der Waals surface area (Å²) < 4.78 is 30.1. The predicted octanol–water partition coefficient (Wildman–Crippen LogP) is 4.22. The molecule has 0 aliphatic rings. The van der Waals surface area contributed by atoms with Crippen LogP contribution >= 0.6 is 15.9 Å². The zero-order chi connectivity index (χ0) is 17.1. The van der Waals surface area contributed by atoms with Gasteiger partial charge in [0.2, 0.25) is 5.78 Å². The zero-order valence-corrected chi connectivity index (χ0v) is 14.6. The number of ether oxygens (including phenoxy) is 1. The van der Waals surface area contributed by atoms with E-state index >= 15 is 0 Å². The molecule has 4 nitrogen and oxygen atoms in total. The van der Waals surface area contributed by atoms with Gasteiger partial charge in [0.1, 0.15) is 12.4 Å². The number of nitrogens with zero attached hydrogens (tertiary/aromatic N) is 1. The molecule has 124 valence electrons. The van der Waals surface area contributed by atoms with Gasteiger partial charge in [-0.25, -0.2) is 8.78 Å². The Hall–Kier alpha value is -1.89. The van der Waals surface area contributed by atoms with Crippen LogP contribution < -0.4 is 4.74 Å². The largest absolute Gasteiger partial charge is 0.486 e. The number of alkyl halides is 2. The van der Waals surface area contributed by atoms with Crippen LogP contribution in [0.25, 0.3) is 10.9 Å². The number of hydrogen-bond donors (Lipinski definition) is 1. The second-order valence-electron chi connectivity index (χ2n) is 5.36. The molecule has 0 amide bonds. The van der Waals surface area contributed by atoms with Crippen molar-refractivity contribution in [1.82, 2.24) is 9.88 Å². The number of Topliss-reactive ketones (excluding diaryl/α,β-unsaturated/α-hetero) is 1. The first kappa shape index (κ1) is 17.5. The molecule has 0 spiro atoms. The first-order valence-corrected chi connectivity index (χ1v) is 7.70. The van der Waals surface area contributed by atoms with E-state index in [1.165, 1.54) is 0 Å². The first-order chi connectivity index (χ1) is 10.8. The number of rotatable bonds is 6. The predicted molar refractivity (Wildman–Crippen MR) is 89.3 cm³/mol. The summed E-state index contributed by atoms with van der Waals surface area (Å²) in [6, 6.07) is 5.02. The Balaban J connectivity index is 2.33. The topological polar surface area (TPSA) is 45.3 Å². The summed E-state index contributed by atoms with van der Waals surface area (Å²) >= 11 is 3.28. The molecule has 0 saturated carbocycles. The van der Waals surface area contributed by atoms with E-state index in [0.717, 1.165) is 10.9 Å².